The van der Waals surface area contributed by atoms with Gasteiger partial charge in [-0.15, -0.1) is 0 Å². The van der Waals surface area contributed by atoms with Gasteiger partial charge in [0.1, 0.15) is 0 Å². The maximum absolute atomic E-state index is 5.91. The van der Waals surface area contributed by atoms with Gasteiger partial charge in [-0.3, -0.25) is 0 Å². The summed E-state index contributed by atoms with van der Waals surface area (Å²) in [6, 6.07) is 11.5. The molecule has 1 N–H and O–H groups in total. The van der Waals surface area contributed by atoms with E-state index in [1.54, 1.807) is 0 Å². The number of ether oxygens (including phenoxy) is 1. The third-order valence-corrected chi connectivity index (χ3v) is 5.09. The van der Waals surface area contributed by atoms with E-state index in [0.29, 0.717) is 6.04 Å². The van der Waals surface area contributed by atoms with Gasteiger partial charge in [-0.2, -0.15) is 0 Å². The topological polar surface area (TPSA) is 21.3 Å². The van der Waals surface area contributed by atoms with Gasteiger partial charge in [0.25, 0.3) is 0 Å². The Hall–Kier alpha value is -0.860. The molecule has 3 atom stereocenters. The molecule has 1 aromatic rings. The van der Waals surface area contributed by atoms with E-state index in [9.17, 15) is 0 Å². The van der Waals surface area contributed by atoms with E-state index in [-0.39, 0.29) is 5.60 Å². The summed E-state index contributed by atoms with van der Waals surface area (Å²) >= 11 is 0. The molecule has 0 aliphatic heterocycles. The van der Waals surface area contributed by atoms with E-state index in [1.165, 1.54) is 31.2 Å². The highest BCUT2D eigenvalue weighted by Gasteiger charge is 2.54. The summed E-state index contributed by atoms with van der Waals surface area (Å²) in [4.78, 5) is 0. The maximum atomic E-state index is 5.91. The van der Waals surface area contributed by atoms with Gasteiger partial charge in [0.2, 0.25) is 0 Å². The zero-order valence-electron chi connectivity index (χ0n) is 12.1. The highest BCUT2D eigenvalue weighted by Crippen LogP contribution is 2.55. The first-order valence-electron chi connectivity index (χ1n) is 7.64. The van der Waals surface area contributed by atoms with Crippen molar-refractivity contribution in [2.75, 3.05) is 13.7 Å². The number of likely N-dealkylation sites (N-methyl/N-ethyl adjacent to an activating group) is 1. The Morgan fingerprint density at radius 1 is 1.32 bits per heavy atom. The van der Waals surface area contributed by atoms with Crippen LogP contribution in [0.15, 0.2) is 30.3 Å². The van der Waals surface area contributed by atoms with Crippen LogP contribution in [0.2, 0.25) is 0 Å². The zero-order chi connectivity index (χ0) is 13.3. The summed E-state index contributed by atoms with van der Waals surface area (Å²) in [7, 11) is 1.89. The Morgan fingerprint density at radius 3 is 2.58 bits per heavy atom. The average Bonchev–Trinajstić information content (AvgIpc) is 3.18. The van der Waals surface area contributed by atoms with E-state index in [4.69, 9.17) is 4.74 Å². The number of rotatable bonds is 6. The summed E-state index contributed by atoms with van der Waals surface area (Å²) in [6.07, 6.45) is 5.07. The lowest BCUT2D eigenvalue weighted by molar-refractivity contribution is -0.103. The molecule has 0 aromatic heterocycles. The molecule has 3 unspecified atom stereocenters. The summed E-state index contributed by atoms with van der Waals surface area (Å²) in [5.41, 5.74) is 1.62. The minimum Gasteiger partial charge on any atom is -0.377 e. The van der Waals surface area contributed by atoms with E-state index in [0.717, 1.165) is 18.4 Å². The zero-order valence-corrected chi connectivity index (χ0v) is 12.1. The van der Waals surface area contributed by atoms with Crippen molar-refractivity contribution < 1.29 is 4.74 Å². The Balaban J connectivity index is 1.73. The summed E-state index contributed by atoms with van der Waals surface area (Å²) < 4.78 is 5.91. The van der Waals surface area contributed by atoms with Crippen LogP contribution < -0.4 is 5.32 Å². The summed E-state index contributed by atoms with van der Waals surface area (Å²) in [6.45, 7) is 3.24. The smallest absolute Gasteiger partial charge is 0.0833 e. The molecule has 0 amide bonds. The number of benzene rings is 1. The molecule has 2 nitrogen and oxygen atoms in total. The van der Waals surface area contributed by atoms with Crippen molar-refractivity contribution in [1.29, 1.82) is 0 Å². The molecule has 3 rings (SSSR count). The fourth-order valence-corrected chi connectivity index (χ4v) is 3.78. The number of hydrogen-bond donors (Lipinski definition) is 1. The summed E-state index contributed by atoms with van der Waals surface area (Å²) in [5.74, 6) is 1.49. The lowest BCUT2D eigenvalue weighted by Gasteiger charge is -2.47. The minimum absolute atomic E-state index is 0.115. The van der Waals surface area contributed by atoms with E-state index >= 15 is 0 Å². The standard InChI is InChI=1S/C17H25NO/c1-3-18-16(17(19-2)10-7-11-17)15-12-14(15)13-8-5-4-6-9-13/h4-6,8-9,14-16,18H,3,7,10-12H2,1-2H3. The van der Waals surface area contributed by atoms with E-state index in [2.05, 4.69) is 42.6 Å². The second-order valence-electron chi connectivity index (χ2n) is 6.07. The molecule has 19 heavy (non-hydrogen) atoms. The van der Waals surface area contributed by atoms with Crippen molar-refractivity contribution in [2.45, 2.75) is 50.2 Å². The van der Waals surface area contributed by atoms with Crippen molar-refractivity contribution in [1.82, 2.24) is 5.32 Å². The molecule has 0 radical (unpaired) electrons. The molecule has 2 aliphatic rings. The third-order valence-electron chi connectivity index (χ3n) is 5.09. The number of nitrogens with one attached hydrogen (secondary N) is 1. The molecule has 2 aliphatic carbocycles. The highest BCUT2D eigenvalue weighted by atomic mass is 16.5. The molecular formula is C17H25NO. The Morgan fingerprint density at radius 2 is 2.05 bits per heavy atom. The molecule has 1 aromatic carbocycles. The summed E-state index contributed by atoms with van der Waals surface area (Å²) in [5, 5.41) is 3.71. The minimum atomic E-state index is 0.115. The second-order valence-corrected chi connectivity index (χ2v) is 6.07. The Labute approximate surface area is 116 Å². The molecule has 104 valence electrons. The highest BCUT2D eigenvalue weighted by molar-refractivity contribution is 5.28. The van der Waals surface area contributed by atoms with Crippen molar-refractivity contribution in [2.24, 2.45) is 5.92 Å². The van der Waals surface area contributed by atoms with Crippen molar-refractivity contribution in [3.05, 3.63) is 35.9 Å². The molecule has 0 spiro atoms. The molecule has 2 fully saturated rings. The maximum Gasteiger partial charge on any atom is 0.0833 e. The largest absolute Gasteiger partial charge is 0.377 e. The predicted molar refractivity (Wildman–Crippen MR) is 78.3 cm³/mol. The lowest BCUT2D eigenvalue weighted by atomic mass is 9.72. The number of hydrogen-bond acceptors (Lipinski definition) is 2. The monoisotopic (exact) mass is 259 g/mol. The van der Waals surface area contributed by atoms with Crippen LogP contribution in [0.3, 0.4) is 0 Å². The van der Waals surface area contributed by atoms with E-state index in [1.807, 2.05) is 7.11 Å². The van der Waals surface area contributed by atoms with Crippen LogP contribution in [-0.2, 0) is 4.74 Å². The van der Waals surface area contributed by atoms with Crippen molar-refractivity contribution in [3.63, 3.8) is 0 Å². The Kier molecular flexibility index (Phi) is 3.64. The van der Waals surface area contributed by atoms with Crippen LogP contribution in [0.5, 0.6) is 0 Å². The first-order valence-corrected chi connectivity index (χ1v) is 7.64. The normalized spacial score (nSPS) is 29.6. The molecule has 2 saturated carbocycles. The SMILES string of the molecule is CCNC(C1CC1c1ccccc1)C1(OC)CCC1. The Bertz CT molecular complexity index is 407. The average molecular weight is 259 g/mol. The van der Waals surface area contributed by atoms with Crippen LogP contribution in [0, 0.1) is 5.92 Å². The lowest BCUT2D eigenvalue weighted by Crippen LogP contribution is -2.57. The van der Waals surface area contributed by atoms with Crippen LogP contribution in [0.25, 0.3) is 0 Å². The van der Waals surface area contributed by atoms with Gasteiger partial charge in [-0.25, -0.2) is 0 Å². The van der Waals surface area contributed by atoms with Gasteiger partial charge in [-0.05, 0) is 49.6 Å². The van der Waals surface area contributed by atoms with Gasteiger partial charge < -0.3 is 10.1 Å². The molecule has 2 heteroatoms. The van der Waals surface area contributed by atoms with Gasteiger partial charge in [-0.1, -0.05) is 37.3 Å². The van der Waals surface area contributed by atoms with Gasteiger partial charge in [0, 0.05) is 13.2 Å². The van der Waals surface area contributed by atoms with Gasteiger partial charge in [0.05, 0.1) is 5.60 Å². The van der Waals surface area contributed by atoms with E-state index < -0.39 is 0 Å². The fraction of sp³-hybridized carbons (Fsp3) is 0.647. The van der Waals surface area contributed by atoms with Crippen LogP contribution in [-0.4, -0.2) is 25.3 Å². The first-order chi connectivity index (χ1) is 9.30. The fourth-order valence-electron chi connectivity index (χ4n) is 3.78. The number of methoxy groups -OCH3 is 1. The molecular weight excluding hydrogens is 234 g/mol. The second kappa shape index (κ2) is 5.26. The van der Waals surface area contributed by atoms with Gasteiger partial charge in [0.15, 0.2) is 0 Å². The molecule has 0 saturated heterocycles. The van der Waals surface area contributed by atoms with Crippen molar-refractivity contribution in [3.8, 4) is 0 Å². The van der Waals surface area contributed by atoms with Crippen LogP contribution >= 0.6 is 0 Å². The van der Waals surface area contributed by atoms with Crippen LogP contribution in [0.4, 0.5) is 0 Å². The van der Waals surface area contributed by atoms with Gasteiger partial charge >= 0.3 is 0 Å². The first kappa shape index (κ1) is 13.1. The van der Waals surface area contributed by atoms with Crippen molar-refractivity contribution >= 4 is 0 Å². The van der Waals surface area contributed by atoms with Crippen LogP contribution in [0.1, 0.15) is 44.1 Å². The third kappa shape index (κ3) is 2.32. The predicted octanol–water partition coefficient (Wildman–Crippen LogP) is 3.34. The molecule has 0 heterocycles. The quantitative estimate of drug-likeness (QED) is 0.846. The molecule has 0 bridgehead atoms.